The first kappa shape index (κ1) is 10.9. The van der Waals surface area contributed by atoms with Crippen LogP contribution in [0.3, 0.4) is 0 Å². The normalized spacial score (nSPS) is 24.2. The van der Waals surface area contributed by atoms with Gasteiger partial charge in [0.1, 0.15) is 23.3 Å². The van der Waals surface area contributed by atoms with Crippen LogP contribution >= 0.6 is 0 Å². The zero-order chi connectivity index (χ0) is 11.5. The summed E-state index contributed by atoms with van der Waals surface area (Å²) in [4.78, 5) is 8.49. The van der Waals surface area contributed by atoms with Crippen molar-refractivity contribution in [3.05, 3.63) is 17.6 Å². The highest BCUT2D eigenvalue weighted by molar-refractivity contribution is 5.46. The van der Waals surface area contributed by atoms with Gasteiger partial charge in [0.25, 0.3) is 0 Å². The first-order valence-electron chi connectivity index (χ1n) is 5.77. The average Bonchev–Trinajstić information content (AvgIpc) is 2.77. The maximum Gasteiger partial charge on any atom is 0.145 e. The average molecular weight is 216 g/mol. The van der Waals surface area contributed by atoms with E-state index in [1.54, 1.807) is 0 Å². The fraction of sp³-hybridized carbons (Fsp3) is 0.583. The molecule has 1 fully saturated rings. The van der Waals surface area contributed by atoms with Gasteiger partial charge in [-0.2, -0.15) is 5.26 Å². The van der Waals surface area contributed by atoms with Gasteiger partial charge in [0.05, 0.1) is 6.20 Å². The Morgan fingerprint density at radius 3 is 2.94 bits per heavy atom. The highest BCUT2D eigenvalue weighted by Gasteiger charge is 2.26. The lowest BCUT2D eigenvalue weighted by molar-refractivity contribution is 0.516. The van der Waals surface area contributed by atoms with Crippen LogP contribution in [0.25, 0.3) is 0 Å². The predicted molar refractivity (Wildman–Crippen MR) is 61.5 cm³/mol. The van der Waals surface area contributed by atoms with E-state index in [2.05, 4.69) is 16.9 Å². The zero-order valence-corrected chi connectivity index (χ0v) is 9.48. The minimum atomic E-state index is 0.312. The second-order valence-electron chi connectivity index (χ2n) is 4.42. The van der Waals surface area contributed by atoms with Gasteiger partial charge in [-0.05, 0) is 25.2 Å². The van der Waals surface area contributed by atoms with Crippen molar-refractivity contribution >= 4 is 5.82 Å². The van der Waals surface area contributed by atoms with Crippen LogP contribution in [0.15, 0.2) is 6.20 Å². The third kappa shape index (κ3) is 1.99. The molecule has 4 heteroatoms. The van der Waals surface area contributed by atoms with Crippen LogP contribution in [-0.4, -0.2) is 9.97 Å². The Balaban J connectivity index is 2.17. The topological polar surface area (TPSA) is 75.6 Å². The van der Waals surface area contributed by atoms with Crippen LogP contribution in [0, 0.1) is 17.2 Å². The number of hydrogen-bond donors (Lipinski definition) is 1. The van der Waals surface area contributed by atoms with E-state index in [1.165, 1.54) is 19.0 Å². The molecule has 84 valence electrons. The number of nitriles is 1. The van der Waals surface area contributed by atoms with E-state index >= 15 is 0 Å². The van der Waals surface area contributed by atoms with E-state index in [-0.39, 0.29) is 0 Å². The number of nitrogens with two attached hydrogens (primary N) is 1. The molecule has 1 aromatic rings. The van der Waals surface area contributed by atoms with E-state index in [0.717, 1.165) is 24.6 Å². The zero-order valence-electron chi connectivity index (χ0n) is 9.48. The van der Waals surface area contributed by atoms with Crippen molar-refractivity contribution in [1.82, 2.24) is 9.97 Å². The molecule has 16 heavy (non-hydrogen) atoms. The molecule has 1 heterocycles. The van der Waals surface area contributed by atoms with Crippen molar-refractivity contribution in [3.8, 4) is 6.07 Å². The summed E-state index contributed by atoms with van der Waals surface area (Å²) in [6.45, 7) is 2.22. The number of rotatable bonds is 2. The van der Waals surface area contributed by atoms with Crippen molar-refractivity contribution in [2.75, 3.05) is 5.73 Å². The molecule has 2 N–H and O–H groups in total. The maximum absolute atomic E-state index is 8.74. The Morgan fingerprint density at radius 1 is 1.56 bits per heavy atom. The van der Waals surface area contributed by atoms with Crippen molar-refractivity contribution < 1.29 is 0 Å². The first-order valence-corrected chi connectivity index (χ1v) is 5.77. The Morgan fingerprint density at radius 2 is 2.38 bits per heavy atom. The highest BCUT2D eigenvalue weighted by Crippen LogP contribution is 2.38. The van der Waals surface area contributed by atoms with E-state index in [4.69, 9.17) is 11.0 Å². The van der Waals surface area contributed by atoms with Crippen molar-refractivity contribution in [1.29, 1.82) is 5.26 Å². The van der Waals surface area contributed by atoms with Gasteiger partial charge in [0, 0.05) is 5.92 Å². The van der Waals surface area contributed by atoms with E-state index in [9.17, 15) is 0 Å². The van der Waals surface area contributed by atoms with Gasteiger partial charge >= 0.3 is 0 Å². The third-order valence-electron chi connectivity index (χ3n) is 3.44. The first-order chi connectivity index (χ1) is 7.74. The molecule has 0 aliphatic heterocycles. The summed E-state index contributed by atoms with van der Waals surface area (Å²) in [5.41, 5.74) is 6.06. The molecular weight excluding hydrogens is 200 g/mol. The molecule has 0 saturated heterocycles. The molecule has 2 unspecified atom stereocenters. The van der Waals surface area contributed by atoms with Gasteiger partial charge in [-0.15, -0.1) is 0 Å². The molecule has 2 rings (SSSR count). The van der Waals surface area contributed by atoms with Crippen LogP contribution in [-0.2, 0) is 0 Å². The molecule has 0 bridgehead atoms. The maximum atomic E-state index is 8.74. The predicted octanol–water partition coefficient (Wildman–Crippen LogP) is 2.22. The van der Waals surface area contributed by atoms with E-state index < -0.39 is 0 Å². The molecule has 4 nitrogen and oxygen atoms in total. The molecule has 1 aliphatic carbocycles. The van der Waals surface area contributed by atoms with Gasteiger partial charge in [-0.3, -0.25) is 0 Å². The summed E-state index contributed by atoms with van der Waals surface area (Å²) < 4.78 is 0. The quantitative estimate of drug-likeness (QED) is 0.822. The molecule has 0 aromatic carbocycles. The lowest BCUT2D eigenvalue weighted by atomic mass is 10.0. The summed E-state index contributed by atoms with van der Waals surface area (Å²) >= 11 is 0. The Kier molecular flexibility index (Phi) is 3.04. The Hall–Kier alpha value is -1.63. The molecule has 0 radical (unpaired) electrons. The Bertz CT molecular complexity index is 422. The van der Waals surface area contributed by atoms with Gasteiger partial charge in [-0.1, -0.05) is 13.3 Å². The summed E-state index contributed by atoms with van der Waals surface area (Å²) in [5, 5.41) is 8.74. The molecule has 2 atom stereocenters. The van der Waals surface area contributed by atoms with Crippen LogP contribution < -0.4 is 5.73 Å². The minimum absolute atomic E-state index is 0.312. The molecule has 1 aliphatic rings. The van der Waals surface area contributed by atoms with E-state index in [0.29, 0.717) is 17.3 Å². The smallest absolute Gasteiger partial charge is 0.145 e. The molecule has 1 saturated carbocycles. The summed E-state index contributed by atoms with van der Waals surface area (Å²) in [6.07, 6.45) is 6.31. The van der Waals surface area contributed by atoms with Gasteiger partial charge in [0.15, 0.2) is 0 Å². The largest absolute Gasteiger partial charge is 0.382 e. The fourth-order valence-electron chi connectivity index (χ4n) is 2.37. The second kappa shape index (κ2) is 4.48. The van der Waals surface area contributed by atoms with E-state index in [1.807, 2.05) is 6.07 Å². The van der Waals surface area contributed by atoms with Gasteiger partial charge < -0.3 is 5.73 Å². The molecule has 1 aromatic heterocycles. The van der Waals surface area contributed by atoms with Crippen molar-refractivity contribution in [3.63, 3.8) is 0 Å². The fourth-order valence-corrected chi connectivity index (χ4v) is 2.37. The number of aromatic nitrogens is 2. The molecular formula is C12H16N4. The monoisotopic (exact) mass is 216 g/mol. The van der Waals surface area contributed by atoms with Gasteiger partial charge in [-0.25, -0.2) is 9.97 Å². The number of hydrogen-bond acceptors (Lipinski definition) is 4. The van der Waals surface area contributed by atoms with Crippen LogP contribution in [0.4, 0.5) is 5.82 Å². The summed E-state index contributed by atoms with van der Waals surface area (Å²) in [7, 11) is 0. The number of anilines is 1. The van der Waals surface area contributed by atoms with Crippen LogP contribution in [0.1, 0.15) is 49.9 Å². The lowest BCUT2D eigenvalue weighted by Gasteiger charge is -2.09. The third-order valence-corrected chi connectivity index (χ3v) is 3.44. The number of nitrogen functional groups attached to an aromatic ring is 1. The lowest BCUT2D eigenvalue weighted by Crippen LogP contribution is -2.05. The van der Waals surface area contributed by atoms with Crippen molar-refractivity contribution in [2.45, 2.75) is 38.5 Å². The molecule has 0 amide bonds. The number of nitrogens with zero attached hydrogens (tertiary/aromatic N) is 3. The standard InChI is InChI=1S/C12H16N4/c1-2-8-3-4-9(5-8)12-15-7-10(6-13)11(14)16-12/h7-9H,2-5H2,1H3,(H2,14,15,16). The Labute approximate surface area is 95.5 Å². The SMILES string of the molecule is CCC1CCC(c2ncc(C#N)c(N)n2)C1. The van der Waals surface area contributed by atoms with Crippen LogP contribution in [0.2, 0.25) is 0 Å². The minimum Gasteiger partial charge on any atom is -0.382 e. The highest BCUT2D eigenvalue weighted by atomic mass is 14.9. The summed E-state index contributed by atoms with van der Waals surface area (Å²) in [6, 6.07) is 1.98. The van der Waals surface area contributed by atoms with Crippen LogP contribution in [0.5, 0.6) is 0 Å². The molecule has 0 spiro atoms. The second-order valence-corrected chi connectivity index (χ2v) is 4.42. The van der Waals surface area contributed by atoms with Crippen molar-refractivity contribution in [2.24, 2.45) is 5.92 Å². The van der Waals surface area contributed by atoms with Gasteiger partial charge in [0.2, 0.25) is 0 Å². The summed E-state index contributed by atoms with van der Waals surface area (Å²) in [5.74, 6) is 2.35.